The van der Waals surface area contributed by atoms with E-state index in [0.29, 0.717) is 11.6 Å². The molecular weight excluding hydrogens is 350 g/mol. The van der Waals surface area contributed by atoms with Crippen LogP contribution in [0.15, 0.2) is 30.5 Å². The summed E-state index contributed by atoms with van der Waals surface area (Å²) in [5, 5.41) is 14.1. The lowest BCUT2D eigenvalue weighted by atomic mass is 9.95. The summed E-state index contributed by atoms with van der Waals surface area (Å²) in [6, 6.07) is 8.02. The van der Waals surface area contributed by atoms with Gasteiger partial charge in [-0.1, -0.05) is 18.5 Å². The Kier molecular flexibility index (Phi) is 5.57. The highest BCUT2D eigenvalue weighted by molar-refractivity contribution is 6.29. The number of carboxylic acid groups (broad SMARTS) is 1. The van der Waals surface area contributed by atoms with Crippen LogP contribution in [0.5, 0.6) is 0 Å². The number of unbranched alkanes of at least 4 members (excludes halogenated alkanes) is 1. The number of fused-ring (bicyclic) bond motifs is 1. The third-order valence-electron chi connectivity index (χ3n) is 4.62. The molecule has 0 radical (unpaired) electrons. The van der Waals surface area contributed by atoms with E-state index < -0.39 is 5.97 Å². The zero-order valence-corrected chi connectivity index (χ0v) is 15.8. The van der Waals surface area contributed by atoms with Gasteiger partial charge in [-0.25, -0.2) is 9.50 Å². The molecule has 0 aliphatic carbocycles. The first-order chi connectivity index (χ1) is 12.5. The minimum absolute atomic E-state index is 0.191. The summed E-state index contributed by atoms with van der Waals surface area (Å²) < 4.78 is 2.00. The maximum Gasteiger partial charge on any atom is 0.303 e. The molecule has 0 saturated heterocycles. The lowest BCUT2D eigenvalue weighted by Gasteiger charge is -2.16. The average molecular weight is 372 g/mol. The van der Waals surface area contributed by atoms with Gasteiger partial charge in [0.15, 0.2) is 0 Å². The molecule has 136 valence electrons. The normalized spacial score (nSPS) is 11.2. The first kappa shape index (κ1) is 18.4. The summed E-state index contributed by atoms with van der Waals surface area (Å²) in [5.74, 6) is -0.754. The Bertz CT molecular complexity index is 950. The van der Waals surface area contributed by atoms with Crippen LogP contribution in [0.1, 0.15) is 43.1 Å². The van der Waals surface area contributed by atoms with E-state index in [-0.39, 0.29) is 6.42 Å². The van der Waals surface area contributed by atoms with Crippen molar-refractivity contribution in [1.82, 2.24) is 14.6 Å². The maximum atomic E-state index is 10.8. The van der Waals surface area contributed by atoms with Crippen molar-refractivity contribution < 1.29 is 9.90 Å². The van der Waals surface area contributed by atoms with Crippen molar-refractivity contribution in [1.29, 1.82) is 0 Å². The molecule has 3 aromatic heterocycles. The van der Waals surface area contributed by atoms with Gasteiger partial charge in [-0.2, -0.15) is 5.10 Å². The number of aryl methyl sites for hydroxylation is 2. The number of carboxylic acids is 1. The van der Waals surface area contributed by atoms with Gasteiger partial charge in [0.2, 0.25) is 0 Å². The topological polar surface area (TPSA) is 67.5 Å². The van der Waals surface area contributed by atoms with Gasteiger partial charge in [-0.3, -0.25) is 4.79 Å². The van der Waals surface area contributed by atoms with E-state index in [0.717, 1.165) is 52.9 Å². The highest BCUT2D eigenvalue weighted by Gasteiger charge is 2.17. The number of aliphatic carboxylic acids is 1. The molecule has 0 atom stereocenters. The largest absolute Gasteiger partial charge is 0.481 e. The molecule has 0 unspecified atom stereocenters. The second-order valence-electron chi connectivity index (χ2n) is 6.38. The molecule has 0 amide bonds. The number of carbonyl (C=O) groups is 1. The van der Waals surface area contributed by atoms with E-state index in [4.69, 9.17) is 21.8 Å². The third kappa shape index (κ3) is 3.73. The van der Waals surface area contributed by atoms with Crippen LogP contribution in [0.3, 0.4) is 0 Å². The number of pyridine rings is 1. The van der Waals surface area contributed by atoms with Crippen molar-refractivity contribution in [2.75, 3.05) is 0 Å². The monoisotopic (exact) mass is 371 g/mol. The molecule has 0 bridgehead atoms. The highest BCUT2D eigenvalue weighted by Crippen LogP contribution is 2.33. The van der Waals surface area contributed by atoms with Crippen molar-refractivity contribution in [3.05, 3.63) is 52.6 Å². The van der Waals surface area contributed by atoms with E-state index in [1.165, 1.54) is 0 Å². The van der Waals surface area contributed by atoms with E-state index in [1.807, 2.05) is 23.6 Å². The number of nitrogens with zero attached hydrogens (tertiary/aromatic N) is 3. The molecule has 1 N–H and O–H groups in total. The Balaban J connectivity index is 2.11. The summed E-state index contributed by atoms with van der Waals surface area (Å²) in [6.45, 7) is 4.12. The van der Waals surface area contributed by atoms with Gasteiger partial charge >= 0.3 is 5.97 Å². The van der Waals surface area contributed by atoms with Crippen molar-refractivity contribution in [3.63, 3.8) is 0 Å². The van der Waals surface area contributed by atoms with Crippen molar-refractivity contribution >= 4 is 23.1 Å². The van der Waals surface area contributed by atoms with Crippen molar-refractivity contribution in [3.8, 4) is 11.1 Å². The second kappa shape index (κ2) is 7.87. The van der Waals surface area contributed by atoms with Crippen LogP contribution in [0.4, 0.5) is 0 Å². The van der Waals surface area contributed by atoms with Crippen LogP contribution in [0, 0.1) is 6.92 Å². The molecule has 3 rings (SSSR count). The van der Waals surface area contributed by atoms with Crippen molar-refractivity contribution in [2.45, 2.75) is 46.0 Å². The smallest absolute Gasteiger partial charge is 0.303 e. The quantitative estimate of drug-likeness (QED) is 0.482. The predicted molar refractivity (Wildman–Crippen MR) is 103 cm³/mol. The molecule has 0 spiro atoms. The van der Waals surface area contributed by atoms with Crippen LogP contribution in [0.25, 0.3) is 16.6 Å². The number of halogens is 1. The highest BCUT2D eigenvalue weighted by atomic mass is 35.5. The molecule has 3 aromatic rings. The van der Waals surface area contributed by atoms with Gasteiger partial charge in [0, 0.05) is 23.9 Å². The number of hydrogen-bond donors (Lipinski definition) is 1. The standard InChI is InChI=1S/C20H22ClN3O2/c1-3-15-8-9-17-20(14-10-11-22-18(21)12-14)16(13(2)23-24(15)17)6-4-5-7-19(25)26/h8-12H,3-7H2,1-2H3,(H,25,26). The lowest BCUT2D eigenvalue weighted by Crippen LogP contribution is -2.06. The summed E-state index contributed by atoms with van der Waals surface area (Å²) in [5.41, 5.74) is 6.42. The second-order valence-corrected chi connectivity index (χ2v) is 6.77. The summed E-state index contributed by atoms with van der Waals surface area (Å²) in [4.78, 5) is 14.9. The summed E-state index contributed by atoms with van der Waals surface area (Å²) in [6.07, 6.45) is 5.04. The Morgan fingerprint density at radius 3 is 2.77 bits per heavy atom. The van der Waals surface area contributed by atoms with Crippen LogP contribution >= 0.6 is 11.6 Å². The molecular formula is C20H22ClN3O2. The van der Waals surface area contributed by atoms with E-state index >= 15 is 0 Å². The predicted octanol–water partition coefficient (Wildman–Crippen LogP) is 4.72. The molecule has 26 heavy (non-hydrogen) atoms. The minimum Gasteiger partial charge on any atom is -0.481 e. The van der Waals surface area contributed by atoms with Gasteiger partial charge in [-0.15, -0.1) is 0 Å². The molecule has 6 heteroatoms. The fourth-order valence-corrected chi connectivity index (χ4v) is 3.53. The Hall–Kier alpha value is -2.40. The van der Waals surface area contributed by atoms with Gasteiger partial charge in [0.25, 0.3) is 0 Å². The fourth-order valence-electron chi connectivity index (χ4n) is 3.36. The third-order valence-corrected chi connectivity index (χ3v) is 4.83. The SMILES string of the molecule is CCc1ccc2c(-c3ccnc(Cl)c3)c(CCCCC(=O)O)c(C)nn12. The average Bonchev–Trinajstić information content (AvgIpc) is 3.00. The summed E-state index contributed by atoms with van der Waals surface area (Å²) in [7, 11) is 0. The van der Waals surface area contributed by atoms with Gasteiger partial charge in [0.05, 0.1) is 11.2 Å². The Labute approximate surface area is 157 Å². The molecule has 0 aliphatic rings. The van der Waals surface area contributed by atoms with Crippen molar-refractivity contribution in [2.24, 2.45) is 0 Å². The molecule has 0 saturated carbocycles. The van der Waals surface area contributed by atoms with Gasteiger partial charge in [-0.05, 0) is 68.0 Å². The minimum atomic E-state index is -0.754. The lowest BCUT2D eigenvalue weighted by molar-refractivity contribution is -0.137. The van der Waals surface area contributed by atoms with Crippen LogP contribution in [0.2, 0.25) is 5.15 Å². The summed E-state index contributed by atoms with van der Waals surface area (Å²) >= 11 is 6.13. The molecule has 0 fully saturated rings. The van der Waals surface area contributed by atoms with E-state index in [1.54, 1.807) is 6.20 Å². The van der Waals surface area contributed by atoms with E-state index in [2.05, 4.69) is 24.0 Å². The Morgan fingerprint density at radius 2 is 2.08 bits per heavy atom. The zero-order valence-electron chi connectivity index (χ0n) is 15.0. The van der Waals surface area contributed by atoms with E-state index in [9.17, 15) is 4.79 Å². The molecule has 5 nitrogen and oxygen atoms in total. The molecule has 0 aliphatic heterocycles. The molecule has 0 aromatic carbocycles. The van der Waals surface area contributed by atoms with Gasteiger partial charge in [0.1, 0.15) is 5.15 Å². The number of hydrogen-bond acceptors (Lipinski definition) is 3. The van der Waals surface area contributed by atoms with Crippen LogP contribution in [-0.4, -0.2) is 25.7 Å². The first-order valence-corrected chi connectivity index (χ1v) is 9.23. The van der Waals surface area contributed by atoms with Crippen LogP contribution < -0.4 is 0 Å². The number of rotatable bonds is 7. The fraction of sp³-hybridized carbons (Fsp3) is 0.350. The van der Waals surface area contributed by atoms with Crippen LogP contribution in [-0.2, 0) is 17.6 Å². The molecule has 3 heterocycles. The Morgan fingerprint density at radius 1 is 1.27 bits per heavy atom. The first-order valence-electron chi connectivity index (χ1n) is 8.85. The number of aromatic nitrogens is 3. The van der Waals surface area contributed by atoms with Gasteiger partial charge < -0.3 is 5.11 Å². The maximum absolute atomic E-state index is 10.8. The zero-order chi connectivity index (χ0) is 18.7.